The first-order chi connectivity index (χ1) is 10.1. The van der Waals surface area contributed by atoms with Gasteiger partial charge >= 0.3 is 0 Å². The molecule has 1 atom stereocenters. The molecular weight excluding hydrogens is 286 g/mol. The summed E-state index contributed by atoms with van der Waals surface area (Å²) in [6.07, 6.45) is 0.914. The van der Waals surface area contributed by atoms with Crippen LogP contribution in [0, 0.1) is 6.92 Å². The summed E-state index contributed by atoms with van der Waals surface area (Å²) in [5, 5.41) is 4.36. The Bertz CT molecular complexity index is 685. The third-order valence-corrected chi connectivity index (χ3v) is 4.45. The van der Waals surface area contributed by atoms with Crippen molar-refractivity contribution in [3.8, 4) is 11.5 Å². The predicted molar refractivity (Wildman–Crippen MR) is 85.8 cm³/mol. The van der Waals surface area contributed by atoms with Gasteiger partial charge in [-0.2, -0.15) is 0 Å². The Morgan fingerprint density at radius 1 is 1.14 bits per heavy atom. The summed E-state index contributed by atoms with van der Waals surface area (Å²) in [7, 11) is 3.36. The molecule has 3 nitrogen and oxygen atoms in total. The number of fused-ring (bicyclic) bond motifs is 1. The lowest BCUT2D eigenvalue weighted by atomic mass is 10.0. The molecule has 0 amide bonds. The van der Waals surface area contributed by atoms with E-state index in [2.05, 4.69) is 11.4 Å². The van der Waals surface area contributed by atoms with Gasteiger partial charge in [-0.3, -0.25) is 0 Å². The molecule has 1 N–H and O–H groups in total. The Morgan fingerprint density at radius 2 is 1.95 bits per heavy atom. The fraction of sp³-hybridized carbons (Fsp3) is 0.294. The monoisotopic (exact) mass is 303 g/mol. The number of benzene rings is 2. The number of methoxy groups -OCH3 is 2. The first kappa shape index (κ1) is 14.1. The molecule has 0 saturated carbocycles. The van der Waals surface area contributed by atoms with E-state index in [1.54, 1.807) is 14.2 Å². The van der Waals surface area contributed by atoms with Crippen molar-refractivity contribution in [1.29, 1.82) is 0 Å². The van der Waals surface area contributed by atoms with Gasteiger partial charge in [-0.1, -0.05) is 17.7 Å². The second-order valence-corrected chi connectivity index (χ2v) is 5.62. The van der Waals surface area contributed by atoms with E-state index in [0.29, 0.717) is 0 Å². The normalized spacial score (nSPS) is 16.3. The van der Waals surface area contributed by atoms with E-state index in [4.69, 9.17) is 21.1 Å². The van der Waals surface area contributed by atoms with Crippen molar-refractivity contribution in [2.45, 2.75) is 19.4 Å². The number of nitrogens with one attached hydrogen (secondary N) is 1. The lowest BCUT2D eigenvalue weighted by Gasteiger charge is -2.17. The summed E-state index contributed by atoms with van der Waals surface area (Å²) in [6, 6.07) is 10.1. The van der Waals surface area contributed by atoms with Crippen LogP contribution in [0.25, 0.3) is 0 Å². The van der Waals surface area contributed by atoms with E-state index >= 15 is 0 Å². The van der Waals surface area contributed by atoms with Gasteiger partial charge in [-0.15, -0.1) is 0 Å². The van der Waals surface area contributed by atoms with E-state index < -0.39 is 0 Å². The molecular formula is C17H18ClNO2. The summed E-state index contributed by atoms with van der Waals surface area (Å²) in [5.41, 5.74) is 4.62. The molecule has 1 aliphatic heterocycles. The Morgan fingerprint density at radius 3 is 2.67 bits per heavy atom. The van der Waals surface area contributed by atoms with Crippen molar-refractivity contribution >= 4 is 17.3 Å². The van der Waals surface area contributed by atoms with Crippen molar-refractivity contribution in [1.82, 2.24) is 0 Å². The number of hydrogen-bond acceptors (Lipinski definition) is 3. The average molecular weight is 304 g/mol. The molecule has 110 valence electrons. The molecule has 21 heavy (non-hydrogen) atoms. The highest BCUT2D eigenvalue weighted by Gasteiger charge is 2.26. The topological polar surface area (TPSA) is 30.5 Å². The zero-order valence-corrected chi connectivity index (χ0v) is 13.1. The van der Waals surface area contributed by atoms with Crippen LogP contribution in [0.4, 0.5) is 5.69 Å². The van der Waals surface area contributed by atoms with Gasteiger partial charge in [0.2, 0.25) is 0 Å². The van der Waals surface area contributed by atoms with Crippen LogP contribution in [0.2, 0.25) is 5.02 Å². The lowest BCUT2D eigenvalue weighted by Crippen LogP contribution is -2.08. The van der Waals surface area contributed by atoms with E-state index in [-0.39, 0.29) is 6.04 Å². The average Bonchev–Trinajstić information content (AvgIpc) is 2.95. The third-order valence-electron chi connectivity index (χ3n) is 4.04. The molecule has 1 aliphatic rings. The van der Waals surface area contributed by atoms with Crippen molar-refractivity contribution < 1.29 is 9.47 Å². The minimum Gasteiger partial charge on any atom is -0.497 e. The number of anilines is 1. The number of halogens is 1. The molecule has 3 rings (SSSR count). The Balaban J connectivity index is 1.99. The van der Waals surface area contributed by atoms with Gasteiger partial charge in [-0.25, -0.2) is 0 Å². The molecule has 0 fully saturated rings. The Labute approximate surface area is 129 Å². The molecule has 0 radical (unpaired) electrons. The quantitative estimate of drug-likeness (QED) is 0.913. The van der Waals surface area contributed by atoms with Gasteiger partial charge in [0.05, 0.1) is 20.3 Å². The summed E-state index contributed by atoms with van der Waals surface area (Å²) in [6.45, 7) is 2.04. The van der Waals surface area contributed by atoms with Crippen LogP contribution in [-0.4, -0.2) is 14.2 Å². The van der Waals surface area contributed by atoms with Gasteiger partial charge in [0.15, 0.2) is 0 Å². The van der Waals surface area contributed by atoms with Crippen LogP contribution in [-0.2, 0) is 6.42 Å². The van der Waals surface area contributed by atoms with Crippen LogP contribution in [0.5, 0.6) is 11.5 Å². The zero-order valence-electron chi connectivity index (χ0n) is 12.4. The number of rotatable bonds is 3. The minimum absolute atomic E-state index is 0.169. The van der Waals surface area contributed by atoms with Crippen LogP contribution in [0.15, 0.2) is 30.3 Å². The van der Waals surface area contributed by atoms with Crippen molar-refractivity contribution in [2.75, 3.05) is 19.5 Å². The summed E-state index contributed by atoms with van der Waals surface area (Å²) >= 11 is 6.21. The number of hydrogen-bond donors (Lipinski definition) is 1. The largest absolute Gasteiger partial charge is 0.497 e. The van der Waals surface area contributed by atoms with E-state index in [0.717, 1.165) is 39.8 Å². The molecule has 2 aromatic rings. The second kappa shape index (κ2) is 5.49. The van der Waals surface area contributed by atoms with Crippen molar-refractivity contribution in [3.05, 3.63) is 52.0 Å². The first-order valence-electron chi connectivity index (χ1n) is 6.90. The zero-order chi connectivity index (χ0) is 15.0. The van der Waals surface area contributed by atoms with Gasteiger partial charge in [0.25, 0.3) is 0 Å². The highest BCUT2D eigenvalue weighted by atomic mass is 35.5. The second-order valence-electron chi connectivity index (χ2n) is 5.22. The summed E-state index contributed by atoms with van der Waals surface area (Å²) in [4.78, 5) is 0. The fourth-order valence-electron chi connectivity index (χ4n) is 2.86. The smallest absolute Gasteiger partial charge is 0.124 e. The minimum atomic E-state index is 0.169. The molecule has 0 saturated heterocycles. The SMILES string of the molecule is COc1ccc(OC)c(C2Cc3ccc(Cl)c(C)c3N2)c1. The molecule has 0 spiro atoms. The Hall–Kier alpha value is -1.87. The standard InChI is InChI=1S/C17H18ClNO2/c1-10-14(18)6-4-11-8-15(19-17(10)11)13-9-12(20-2)5-7-16(13)21-3/h4-7,9,15,19H,8H2,1-3H3. The van der Waals surface area contributed by atoms with Gasteiger partial charge in [0, 0.05) is 16.3 Å². The highest BCUT2D eigenvalue weighted by molar-refractivity contribution is 6.31. The third kappa shape index (κ3) is 2.42. The maximum atomic E-state index is 6.21. The van der Waals surface area contributed by atoms with Gasteiger partial charge < -0.3 is 14.8 Å². The lowest BCUT2D eigenvalue weighted by molar-refractivity contribution is 0.396. The Kier molecular flexibility index (Phi) is 3.68. The van der Waals surface area contributed by atoms with Crippen molar-refractivity contribution in [2.24, 2.45) is 0 Å². The summed E-state index contributed by atoms with van der Waals surface area (Å²) in [5.74, 6) is 1.70. The number of ether oxygens (including phenoxy) is 2. The molecule has 1 heterocycles. The molecule has 0 bridgehead atoms. The predicted octanol–water partition coefficient (Wildman–Crippen LogP) is 4.37. The molecule has 0 aromatic heterocycles. The fourth-order valence-corrected chi connectivity index (χ4v) is 3.02. The van der Waals surface area contributed by atoms with Gasteiger partial charge in [-0.05, 0) is 48.7 Å². The van der Waals surface area contributed by atoms with Crippen LogP contribution in [0.3, 0.4) is 0 Å². The molecule has 0 aliphatic carbocycles. The van der Waals surface area contributed by atoms with E-state index in [1.807, 2.05) is 31.2 Å². The van der Waals surface area contributed by atoms with Crippen molar-refractivity contribution in [3.63, 3.8) is 0 Å². The highest BCUT2D eigenvalue weighted by Crippen LogP contribution is 2.42. The maximum absolute atomic E-state index is 6.21. The van der Waals surface area contributed by atoms with E-state index in [1.165, 1.54) is 5.56 Å². The maximum Gasteiger partial charge on any atom is 0.124 e. The van der Waals surface area contributed by atoms with E-state index in [9.17, 15) is 0 Å². The van der Waals surface area contributed by atoms with Gasteiger partial charge in [0.1, 0.15) is 11.5 Å². The van der Waals surface area contributed by atoms with Crippen LogP contribution >= 0.6 is 11.6 Å². The molecule has 4 heteroatoms. The van der Waals surface area contributed by atoms with Crippen LogP contribution < -0.4 is 14.8 Å². The molecule has 2 aromatic carbocycles. The summed E-state index contributed by atoms with van der Waals surface area (Å²) < 4.78 is 10.8. The molecule has 1 unspecified atom stereocenters. The van der Waals surface area contributed by atoms with Crippen LogP contribution in [0.1, 0.15) is 22.7 Å². The first-order valence-corrected chi connectivity index (χ1v) is 7.28.